The third-order valence-electron chi connectivity index (χ3n) is 5.91. The van der Waals surface area contributed by atoms with Crippen LogP contribution in [-0.4, -0.2) is 79.6 Å². The van der Waals surface area contributed by atoms with Crippen LogP contribution in [0.1, 0.15) is 42.6 Å². The van der Waals surface area contributed by atoms with Crippen molar-refractivity contribution in [2.45, 2.75) is 32.4 Å². The van der Waals surface area contributed by atoms with E-state index in [4.69, 9.17) is 9.47 Å². The molecule has 1 saturated heterocycles. The summed E-state index contributed by atoms with van der Waals surface area (Å²) in [6, 6.07) is 8.58. The van der Waals surface area contributed by atoms with E-state index in [1.165, 1.54) is 11.1 Å². The highest BCUT2D eigenvalue weighted by Crippen LogP contribution is 2.24. The smallest absolute Gasteiger partial charge is 0.193 e. The quantitative estimate of drug-likeness (QED) is 0.501. The third kappa shape index (κ3) is 6.01. The maximum atomic E-state index is 5.58. The topological polar surface area (TPSA) is 67.2 Å². The summed E-state index contributed by atoms with van der Waals surface area (Å²) in [7, 11) is 7.58. The number of guanidine groups is 1. The maximum Gasteiger partial charge on any atom is 0.193 e. The van der Waals surface area contributed by atoms with Crippen molar-refractivity contribution < 1.29 is 9.47 Å². The Labute approximate surface area is 192 Å². The molecule has 1 aromatic heterocycles. The van der Waals surface area contributed by atoms with Crippen molar-refractivity contribution in [2.75, 3.05) is 54.1 Å². The first-order valence-corrected chi connectivity index (χ1v) is 11.3. The number of hydrogen-bond acceptors (Lipinski definition) is 5. The molecular formula is C24H38N6O2. The molecule has 1 aliphatic heterocycles. The van der Waals surface area contributed by atoms with Crippen LogP contribution in [0.3, 0.4) is 0 Å². The van der Waals surface area contributed by atoms with Crippen LogP contribution < -0.4 is 10.1 Å². The van der Waals surface area contributed by atoms with Crippen molar-refractivity contribution in [1.82, 2.24) is 24.9 Å². The van der Waals surface area contributed by atoms with Gasteiger partial charge in [-0.2, -0.15) is 5.10 Å². The van der Waals surface area contributed by atoms with Gasteiger partial charge in [-0.3, -0.25) is 14.6 Å². The lowest BCUT2D eigenvalue weighted by atomic mass is 10.0. The molecule has 1 atom stereocenters. The number of nitrogens with zero attached hydrogens (tertiary/aromatic N) is 5. The fraction of sp³-hybridized carbons (Fsp3) is 0.583. The molecule has 0 amide bonds. The summed E-state index contributed by atoms with van der Waals surface area (Å²) >= 11 is 0. The number of morpholine rings is 1. The normalized spacial score (nSPS) is 16.3. The minimum absolute atomic E-state index is 0.222. The Balaban J connectivity index is 1.71. The van der Waals surface area contributed by atoms with Gasteiger partial charge in [0.15, 0.2) is 5.96 Å². The number of ether oxygens (including phenoxy) is 2. The van der Waals surface area contributed by atoms with Crippen molar-refractivity contribution in [3.05, 3.63) is 47.3 Å². The number of methoxy groups -OCH3 is 1. The number of nitrogens with one attached hydrogen (secondary N) is 1. The van der Waals surface area contributed by atoms with Gasteiger partial charge in [-0.15, -0.1) is 0 Å². The van der Waals surface area contributed by atoms with E-state index in [0.29, 0.717) is 5.92 Å². The van der Waals surface area contributed by atoms with Crippen LogP contribution >= 0.6 is 0 Å². The lowest BCUT2D eigenvalue weighted by Gasteiger charge is -2.35. The minimum Gasteiger partial charge on any atom is -0.497 e. The molecule has 0 bridgehead atoms. The average molecular weight is 443 g/mol. The van der Waals surface area contributed by atoms with E-state index in [0.717, 1.165) is 56.8 Å². The van der Waals surface area contributed by atoms with Gasteiger partial charge in [-0.1, -0.05) is 26.0 Å². The molecule has 3 rings (SSSR count). The monoisotopic (exact) mass is 442 g/mol. The molecule has 0 spiro atoms. The van der Waals surface area contributed by atoms with Crippen molar-refractivity contribution >= 4 is 5.96 Å². The minimum atomic E-state index is 0.222. The van der Waals surface area contributed by atoms with E-state index in [-0.39, 0.29) is 6.04 Å². The fourth-order valence-corrected chi connectivity index (χ4v) is 4.24. The molecule has 32 heavy (non-hydrogen) atoms. The molecule has 1 fully saturated rings. The summed E-state index contributed by atoms with van der Waals surface area (Å²) < 4.78 is 12.8. The Kier molecular flexibility index (Phi) is 8.53. The molecule has 1 aliphatic rings. The van der Waals surface area contributed by atoms with Gasteiger partial charge in [0.1, 0.15) is 5.75 Å². The molecule has 1 unspecified atom stereocenters. The molecule has 0 radical (unpaired) electrons. The van der Waals surface area contributed by atoms with Crippen LogP contribution in [0, 0.1) is 0 Å². The van der Waals surface area contributed by atoms with Gasteiger partial charge in [-0.05, 0) is 23.6 Å². The summed E-state index contributed by atoms with van der Waals surface area (Å²) in [6.45, 7) is 9.24. The largest absolute Gasteiger partial charge is 0.497 e. The molecule has 176 valence electrons. The van der Waals surface area contributed by atoms with Crippen LogP contribution in [-0.2, 0) is 18.3 Å². The second-order valence-electron chi connectivity index (χ2n) is 8.59. The Bertz CT molecular complexity index is 871. The number of rotatable bonds is 8. The van der Waals surface area contributed by atoms with Crippen LogP contribution in [0.2, 0.25) is 0 Å². The molecule has 0 saturated carbocycles. The van der Waals surface area contributed by atoms with Gasteiger partial charge in [0.2, 0.25) is 0 Å². The summed E-state index contributed by atoms with van der Waals surface area (Å²) in [5, 5.41) is 8.24. The standard InChI is InChI=1S/C24H38N6O2/c1-18(2)23-20(17-29(5)27-23)16-28(4)24(25-3)26-15-22(30-11-13-32-14-12-30)19-7-9-21(31-6)10-8-19/h7-10,17-18,22H,11-16H2,1-6H3,(H,25,26). The number of benzene rings is 1. The molecule has 1 aromatic carbocycles. The summed E-state index contributed by atoms with van der Waals surface area (Å²) in [4.78, 5) is 9.18. The van der Waals surface area contributed by atoms with Gasteiger partial charge in [-0.25, -0.2) is 0 Å². The number of hydrogen-bond donors (Lipinski definition) is 1. The fourth-order valence-electron chi connectivity index (χ4n) is 4.24. The van der Waals surface area contributed by atoms with Gasteiger partial charge < -0.3 is 19.7 Å². The van der Waals surface area contributed by atoms with Crippen LogP contribution in [0.25, 0.3) is 0 Å². The highest BCUT2D eigenvalue weighted by atomic mass is 16.5. The van der Waals surface area contributed by atoms with Crippen LogP contribution in [0.4, 0.5) is 0 Å². The van der Waals surface area contributed by atoms with E-state index >= 15 is 0 Å². The Morgan fingerprint density at radius 2 is 1.94 bits per heavy atom. The van der Waals surface area contributed by atoms with Crippen molar-refractivity contribution in [2.24, 2.45) is 12.0 Å². The zero-order valence-corrected chi connectivity index (χ0v) is 20.3. The summed E-state index contributed by atoms with van der Waals surface area (Å²) in [6.07, 6.45) is 2.10. The molecule has 8 heteroatoms. The zero-order valence-electron chi connectivity index (χ0n) is 20.3. The third-order valence-corrected chi connectivity index (χ3v) is 5.91. The highest BCUT2D eigenvalue weighted by Gasteiger charge is 2.24. The van der Waals surface area contributed by atoms with Crippen molar-refractivity contribution in [1.29, 1.82) is 0 Å². The van der Waals surface area contributed by atoms with E-state index in [1.807, 2.05) is 30.9 Å². The Morgan fingerprint density at radius 3 is 2.53 bits per heavy atom. The number of aliphatic imine (C=N–C) groups is 1. The molecule has 8 nitrogen and oxygen atoms in total. The lowest BCUT2D eigenvalue weighted by Crippen LogP contribution is -2.46. The summed E-state index contributed by atoms with van der Waals surface area (Å²) in [5.41, 5.74) is 3.62. The van der Waals surface area contributed by atoms with E-state index in [1.54, 1.807) is 7.11 Å². The molecule has 0 aliphatic carbocycles. The SMILES string of the molecule is CN=C(NCC(c1ccc(OC)cc1)N1CCOCC1)N(C)Cc1cn(C)nc1C(C)C. The lowest BCUT2D eigenvalue weighted by molar-refractivity contribution is 0.0169. The number of aryl methyl sites for hydroxylation is 1. The van der Waals surface area contributed by atoms with Crippen molar-refractivity contribution in [3.8, 4) is 5.75 Å². The molecule has 1 N–H and O–H groups in total. The predicted molar refractivity (Wildman–Crippen MR) is 128 cm³/mol. The Morgan fingerprint density at radius 1 is 1.25 bits per heavy atom. The van der Waals surface area contributed by atoms with Crippen molar-refractivity contribution in [3.63, 3.8) is 0 Å². The van der Waals surface area contributed by atoms with E-state index in [2.05, 4.69) is 64.4 Å². The second-order valence-corrected chi connectivity index (χ2v) is 8.59. The van der Waals surface area contributed by atoms with Crippen LogP contribution in [0.5, 0.6) is 5.75 Å². The molecular weight excluding hydrogens is 404 g/mol. The Hall–Kier alpha value is -2.58. The molecule has 2 aromatic rings. The first-order chi connectivity index (χ1) is 15.4. The van der Waals surface area contributed by atoms with E-state index < -0.39 is 0 Å². The van der Waals surface area contributed by atoms with Gasteiger partial charge in [0, 0.05) is 59.1 Å². The maximum absolute atomic E-state index is 5.58. The molecule has 2 heterocycles. The second kappa shape index (κ2) is 11.3. The summed E-state index contributed by atoms with van der Waals surface area (Å²) in [5.74, 6) is 2.13. The number of aromatic nitrogens is 2. The van der Waals surface area contributed by atoms with Gasteiger partial charge in [0.25, 0.3) is 0 Å². The highest BCUT2D eigenvalue weighted by molar-refractivity contribution is 5.79. The van der Waals surface area contributed by atoms with Gasteiger partial charge >= 0.3 is 0 Å². The first-order valence-electron chi connectivity index (χ1n) is 11.3. The predicted octanol–water partition coefficient (Wildman–Crippen LogP) is 2.63. The van der Waals surface area contributed by atoms with Gasteiger partial charge in [0.05, 0.1) is 32.1 Å². The average Bonchev–Trinajstić information content (AvgIpc) is 3.17. The van der Waals surface area contributed by atoms with E-state index in [9.17, 15) is 0 Å². The zero-order chi connectivity index (χ0) is 23.1. The van der Waals surface area contributed by atoms with Crippen LogP contribution in [0.15, 0.2) is 35.5 Å². The first kappa shape index (κ1) is 24.1.